The van der Waals surface area contributed by atoms with Crippen molar-refractivity contribution in [3.63, 3.8) is 0 Å². The molecule has 18 rings (SSSR count). The second kappa shape index (κ2) is 16.6. The van der Waals surface area contributed by atoms with Crippen molar-refractivity contribution < 1.29 is 0 Å². The molecule has 0 radical (unpaired) electrons. The number of hydrogen-bond acceptors (Lipinski definition) is 2. The summed E-state index contributed by atoms with van der Waals surface area (Å²) < 4.78 is 0. The monoisotopic (exact) mass is 1020 g/mol. The lowest BCUT2D eigenvalue weighted by atomic mass is 9.65. The molecule has 2 heterocycles. The van der Waals surface area contributed by atoms with Crippen LogP contribution in [0.15, 0.2) is 267 Å². The second-order valence-corrected chi connectivity index (χ2v) is 23.0. The number of rotatable bonds is 6. The summed E-state index contributed by atoms with van der Waals surface area (Å²) in [5.41, 5.74) is 34.5. The van der Waals surface area contributed by atoms with Gasteiger partial charge in [0, 0.05) is 45.3 Å². The Hall–Kier alpha value is -9.76. The highest BCUT2D eigenvalue weighted by Crippen LogP contribution is 2.70. The zero-order valence-electron chi connectivity index (χ0n) is 44.9. The van der Waals surface area contributed by atoms with Crippen LogP contribution in [-0.4, -0.2) is 0 Å². The SMILES string of the molecule is Cc1ccc(N(c2ccc(C)cc2)c2ccc(-c3ccc4c(c3)C35c6ccccc6-c6ccc(cc63)N(c3ccccc3-c3ccccc3)c3ccc6c(c3)C(C)(c3ccccc3-6)C3c6ccccc6-c6c3ccc5c6-4)cc2)cc1. The first-order valence-corrected chi connectivity index (χ1v) is 28.3. The summed E-state index contributed by atoms with van der Waals surface area (Å²) in [6.07, 6.45) is 0. The molecule has 1 spiro atoms. The molecule has 80 heavy (non-hydrogen) atoms. The van der Waals surface area contributed by atoms with E-state index in [1.807, 2.05) is 0 Å². The van der Waals surface area contributed by atoms with Crippen molar-refractivity contribution in [3.8, 4) is 66.8 Å². The second-order valence-electron chi connectivity index (χ2n) is 23.0. The fourth-order valence-electron chi connectivity index (χ4n) is 15.5. The lowest BCUT2D eigenvalue weighted by molar-refractivity contribution is 0.518. The Bertz CT molecular complexity index is 4520. The first-order chi connectivity index (χ1) is 39.4. The maximum Gasteiger partial charge on any atom is 0.0726 e. The van der Waals surface area contributed by atoms with Crippen LogP contribution in [0.4, 0.5) is 34.1 Å². The molecule has 10 bridgehead atoms. The summed E-state index contributed by atoms with van der Waals surface area (Å²) >= 11 is 0. The summed E-state index contributed by atoms with van der Waals surface area (Å²) in [5.74, 6) is 0.0473. The van der Waals surface area contributed by atoms with Crippen molar-refractivity contribution in [2.24, 2.45) is 0 Å². The minimum absolute atomic E-state index is 0.0473. The van der Waals surface area contributed by atoms with Gasteiger partial charge in [-0.3, -0.25) is 0 Å². The van der Waals surface area contributed by atoms with E-state index in [-0.39, 0.29) is 5.92 Å². The van der Waals surface area contributed by atoms with Crippen molar-refractivity contribution >= 4 is 34.1 Å². The normalized spacial score (nSPS) is 17.6. The van der Waals surface area contributed by atoms with Gasteiger partial charge in [-0.05, 0) is 192 Å². The van der Waals surface area contributed by atoms with Gasteiger partial charge < -0.3 is 9.80 Å². The van der Waals surface area contributed by atoms with E-state index in [2.05, 4.69) is 297 Å². The van der Waals surface area contributed by atoms with Crippen LogP contribution in [0, 0.1) is 13.8 Å². The lowest BCUT2D eigenvalue weighted by Gasteiger charge is -2.37. The van der Waals surface area contributed by atoms with E-state index in [1.165, 1.54) is 122 Å². The molecule has 4 aliphatic carbocycles. The molecule has 2 aliphatic heterocycles. The third-order valence-corrected chi connectivity index (χ3v) is 18.9. The Morgan fingerprint density at radius 1 is 0.325 bits per heavy atom. The van der Waals surface area contributed by atoms with Gasteiger partial charge in [0.2, 0.25) is 0 Å². The van der Waals surface area contributed by atoms with Gasteiger partial charge in [0.25, 0.3) is 0 Å². The lowest BCUT2D eigenvalue weighted by Crippen LogP contribution is -2.30. The Labute approximate surface area is 468 Å². The number of para-hydroxylation sites is 1. The van der Waals surface area contributed by atoms with Crippen LogP contribution in [-0.2, 0) is 10.8 Å². The first kappa shape index (κ1) is 45.3. The fourth-order valence-corrected chi connectivity index (χ4v) is 15.5. The third-order valence-electron chi connectivity index (χ3n) is 18.9. The molecule has 2 heteroatoms. The van der Waals surface area contributed by atoms with Crippen LogP contribution in [0.25, 0.3) is 66.8 Å². The van der Waals surface area contributed by atoms with Gasteiger partial charge >= 0.3 is 0 Å². The van der Waals surface area contributed by atoms with Crippen LogP contribution in [0.5, 0.6) is 0 Å². The van der Waals surface area contributed by atoms with E-state index in [0.717, 1.165) is 34.1 Å². The molecule has 12 aromatic carbocycles. The van der Waals surface area contributed by atoms with Gasteiger partial charge in [0.05, 0.1) is 11.1 Å². The Morgan fingerprint density at radius 3 is 1.54 bits per heavy atom. The summed E-state index contributed by atoms with van der Waals surface area (Å²) in [7, 11) is 0. The zero-order valence-corrected chi connectivity index (χ0v) is 44.9. The molecule has 2 nitrogen and oxygen atoms in total. The minimum Gasteiger partial charge on any atom is -0.311 e. The Balaban J connectivity index is 0.956. The van der Waals surface area contributed by atoms with Crippen molar-refractivity contribution in [1.82, 2.24) is 0 Å². The number of nitrogens with zero attached hydrogens (tertiary/aromatic N) is 2. The van der Waals surface area contributed by atoms with Crippen molar-refractivity contribution in [1.29, 1.82) is 0 Å². The zero-order chi connectivity index (χ0) is 53.0. The fraction of sp³-hybridized carbons (Fsp3) is 0.0769. The van der Waals surface area contributed by atoms with E-state index in [0.29, 0.717) is 0 Å². The maximum absolute atomic E-state index is 2.57. The highest BCUT2D eigenvalue weighted by atomic mass is 15.1. The predicted molar refractivity (Wildman–Crippen MR) is 332 cm³/mol. The predicted octanol–water partition coefficient (Wildman–Crippen LogP) is 20.3. The van der Waals surface area contributed by atoms with Gasteiger partial charge in [-0.1, -0.05) is 212 Å². The van der Waals surface area contributed by atoms with E-state index in [1.54, 1.807) is 0 Å². The molecule has 0 fully saturated rings. The molecule has 12 aromatic rings. The standard InChI is InChI=1S/C78H54N2/c1-48-25-32-53(33-26-48)79(54-34-27-49(2)28-35-54)55-36-29-50(30-37-55)52-31-40-65-71(45-52)78-68-23-13-10-19-60(68)62-42-39-57(47-72(62)78)80(73-24-14-11-17-58(73)51-15-5-4-6-16-51)56-38-41-61-59-18-9-12-22-67(59)77(3,70(61)46-56)76-64-21-8-7-20-63(64)74-66(76)43-44-69(78)75(65)74/h4-47,76H,1-3H3. The van der Waals surface area contributed by atoms with E-state index >= 15 is 0 Å². The smallest absolute Gasteiger partial charge is 0.0726 e. The van der Waals surface area contributed by atoms with Crippen LogP contribution >= 0.6 is 0 Å². The number of benzene rings is 12. The number of fused-ring (bicyclic) bond motifs is 7. The van der Waals surface area contributed by atoms with Gasteiger partial charge in [-0.2, -0.15) is 0 Å². The average Bonchev–Trinajstić information content (AvgIpc) is 3.42. The quantitative estimate of drug-likeness (QED) is 0.164. The first-order valence-electron chi connectivity index (χ1n) is 28.3. The van der Waals surface area contributed by atoms with Crippen molar-refractivity contribution in [2.45, 2.75) is 37.5 Å². The summed E-state index contributed by atoms with van der Waals surface area (Å²) in [6, 6.07) is 102. The molecule has 0 saturated carbocycles. The van der Waals surface area contributed by atoms with Crippen LogP contribution < -0.4 is 9.80 Å². The summed E-state index contributed by atoms with van der Waals surface area (Å²) in [6.45, 7) is 6.85. The molecule has 6 aliphatic rings. The molecule has 3 unspecified atom stereocenters. The van der Waals surface area contributed by atoms with Gasteiger partial charge in [0.1, 0.15) is 0 Å². The molecule has 0 amide bonds. The minimum atomic E-state index is -0.633. The van der Waals surface area contributed by atoms with Crippen molar-refractivity contribution in [2.75, 3.05) is 9.80 Å². The molecule has 0 aromatic heterocycles. The summed E-state index contributed by atoms with van der Waals surface area (Å²) in [4.78, 5) is 4.93. The molecule has 0 N–H and O–H groups in total. The van der Waals surface area contributed by atoms with Gasteiger partial charge in [0.15, 0.2) is 0 Å². The molecular weight excluding hydrogens is 965 g/mol. The largest absolute Gasteiger partial charge is 0.311 e. The highest BCUT2D eigenvalue weighted by molar-refractivity contribution is 6.05. The number of aryl methyl sites for hydroxylation is 2. The molecule has 0 saturated heterocycles. The highest BCUT2D eigenvalue weighted by Gasteiger charge is 2.56. The number of hydrogen-bond donors (Lipinski definition) is 0. The maximum atomic E-state index is 2.57. The van der Waals surface area contributed by atoms with E-state index in [4.69, 9.17) is 0 Å². The van der Waals surface area contributed by atoms with Gasteiger partial charge in [-0.25, -0.2) is 0 Å². The number of anilines is 6. The van der Waals surface area contributed by atoms with E-state index in [9.17, 15) is 0 Å². The van der Waals surface area contributed by atoms with Crippen molar-refractivity contribution in [3.05, 3.63) is 323 Å². The Morgan fingerprint density at radius 2 is 0.838 bits per heavy atom. The molecule has 376 valence electrons. The molecule has 3 atom stereocenters. The third kappa shape index (κ3) is 6.03. The van der Waals surface area contributed by atoms with Crippen LogP contribution in [0.2, 0.25) is 0 Å². The average molecular weight is 1020 g/mol. The van der Waals surface area contributed by atoms with Crippen LogP contribution in [0.3, 0.4) is 0 Å². The Kier molecular flexibility index (Phi) is 9.41. The van der Waals surface area contributed by atoms with Gasteiger partial charge in [-0.15, -0.1) is 0 Å². The van der Waals surface area contributed by atoms with Crippen LogP contribution in [0.1, 0.15) is 68.5 Å². The van der Waals surface area contributed by atoms with E-state index < -0.39 is 10.8 Å². The topological polar surface area (TPSA) is 6.48 Å². The summed E-state index contributed by atoms with van der Waals surface area (Å²) in [5, 5.41) is 0. The molecular formula is C78H54N2.